The van der Waals surface area contributed by atoms with Gasteiger partial charge in [0.15, 0.2) is 5.82 Å². The van der Waals surface area contributed by atoms with E-state index in [1.165, 1.54) is 6.42 Å². The lowest BCUT2D eigenvalue weighted by atomic mass is 10.1. The van der Waals surface area contributed by atoms with Crippen molar-refractivity contribution >= 4 is 23.3 Å². The van der Waals surface area contributed by atoms with Crippen molar-refractivity contribution in [3.63, 3.8) is 0 Å². The van der Waals surface area contributed by atoms with Crippen LogP contribution >= 0.6 is 11.6 Å². The number of nitrogens with zero attached hydrogens (tertiary/aromatic N) is 5. The fourth-order valence-electron chi connectivity index (χ4n) is 2.80. The van der Waals surface area contributed by atoms with E-state index in [1.807, 2.05) is 16.8 Å². The molecule has 24 heavy (non-hydrogen) atoms. The second-order valence-electron chi connectivity index (χ2n) is 5.97. The highest BCUT2D eigenvalue weighted by molar-refractivity contribution is 6.33. The highest BCUT2D eigenvalue weighted by Gasteiger charge is 2.20. The SMILES string of the molecule is Cc1nc(CN(C)c2ncc(C(=O)N3CCCCC3)cc2Cl)no1. The van der Waals surface area contributed by atoms with Crippen LogP contribution in [0.5, 0.6) is 0 Å². The largest absolute Gasteiger partial charge is 0.351 e. The van der Waals surface area contributed by atoms with E-state index in [-0.39, 0.29) is 5.91 Å². The van der Waals surface area contributed by atoms with Crippen LogP contribution in [0.25, 0.3) is 0 Å². The van der Waals surface area contributed by atoms with Crippen molar-refractivity contribution in [2.24, 2.45) is 0 Å². The molecule has 2 aromatic heterocycles. The molecular formula is C16H20ClN5O2. The summed E-state index contributed by atoms with van der Waals surface area (Å²) in [6.07, 6.45) is 4.87. The van der Waals surface area contributed by atoms with E-state index in [1.54, 1.807) is 19.2 Å². The van der Waals surface area contributed by atoms with Gasteiger partial charge in [0.2, 0.25) is 5.89 Å². The summed E-state index contributed by atoms with van der Waals surface area (Å²) in [5, 5.41) is 4.29. The molecule has 1 amide bonds. The van der Waals surface area contributed by atoms with E-state index in [9.17, 15) is 4.79 Å². The summed E-state index contributed by atoms with van der Waals surface area (Å²) in [4.78, 5) is 24.7. The number of piperidine rings is 1. The van der Waals surface area contributed by atoms with Gasteiger partial charge in [-0.25, -0.2) is 4.98 Å². The molecule has 1 aliphatic heterocycles. The molecule has 8 heteroatoms. The van der Waals surface area contributed by atoms with Gasteiger partial charge in [0.1, 0.15) is 5.82 Å². The summed E-state index contributed by atoms with van der Waals surface area (Å²) < 4.78 is 4.96. The quantitative estimate of drug-likeness (QED) is 0.844. The minimum atomic E-state index is -0.00732. The topological polar surface area (TPSA) is 75.4 Å². The fourth-order valence-corrected chi connectivity index (χ4v) is 3.11. The molecule has 3 rings (SSSR count). The van der Waals surface area contributed by atoms with Crippen molar-refractivity contribution in [1.82, 2.24) is 20.0 Å². The molecule has 0 saturated carbocycles. The number of carbonyl (C=O) groups is 1. The number of aromatic nitrogens is 3. The van der Waals surface area contributed by atoms with E-state index in [4.69, 9.17) is 16.1 Å². The molecule has 1 fully saturated rings. The zero-order valence-electron chi connectivity index (χ0n) is 13.8. The van der Waals surface area contributed by atoms with Crippen molar-refractivity contribution in [3.8, 4) is 0 Å². The summed E-state index contributed by atoms with van der Waals surface area (Å²) in [6, 6.07) is 1.68. The second-order valence-corrected chi connectivity index (χ2v) is 6.38. The van der Waals surface area contributed by atoms with Gasteiger partial charge in [-0.3, -0.25) is 4.79 Å². The van der Waals surface area contributed by atoms with E-state index in [2.05, 4.69) is 15.1 Å². The van der Waals surface area contributed by atoms with E-state index in [0.717, 1.165) is 25.9 Å². The number of halogens is 1. The molecule has 7 nitrogen and oxygen atoms in total. The number of amides is 1. The zero-order chi connectivity index (χ0) is 17.1. The standard InChI is InChI=1S/C16H20ClN5O2/c1-11-19-14(20-24-11)10-21(2)15-13(17)8-12(9-18-15)16(23)22-6-4-3-5-7-22/h8-9H,3-7,10H2,1-2H3. The molecule has 2 aromatic rings. The van der Waals surface area contributed by atoms with Gasteiger partial charge in [-0.05, 0) is 25.3 Å². The highest BCUT2D eigenvalue weighted by atomic mass is 35.5. The third-order valence-corrected chi connectivity index (χ3v) is 4.30. The van der Waals surface area contributed by atoms with Gasteiger partial charge >= 0.3 is 0 Å². The Labute approximate surface area is 145 Å². The molecule has 0 N–H and O–H groups in total. The van der Waals surface area contributed by atoms with Crippen LogP contribution in [0.4, 0.5) is 5.82 Å². The van der Waals surface area contributed by atoms with Crippen molar-refractivity contribution in [1.29, 1.82) is 0 Å². The van der Waals surface area contributed by atoms with Gasteiger partial charge in [0.05, 0.1) is 17.1 Å². The van der Waals surface area contributed by atoms with Gasteiger partial charge in [0.25, 0.3) is 5.91 Å². The van der Waals surface area contributed by atoms with Crippen LogP contribution in [0.1, 0.15) is 41.3 Å². The minimum Gasteiger partial charge on any atom is -0.351 e. The minimum absolute atomic E-state index is 0.00732. The lowest BCUT2D eigenvalue weighted by Gasteiger charge is -2.27. The Balaban J connectivity index is 1.72. The van der Waals surface area contributed by atoms with Gasteiger partial charge in [-0.1, -0.05) is 16.8 Å². The summed E-state index contributed by atoms with van der Waals surface area (Å²) in [5.74, 6) is 1.64. The van der Waals surface area contributed by atoms with Gasteiger partial charge in [-0.15, -0.1) is 0 Å². The number of rotatable bonds is 4. The second kappa shape index (κ2) is 7.17. The molecule has 1 aliphatic rings. The Morgan fingerprint density at radius 3 is 2.75 bits per heavy atom. The molecule has 0 atom stereocenters. The number of pyridine rings is 1. The molecule has 128 valence electrons. The number of hydrogen-bond acceptors (Lipinski definition) is 6. The van der Waals surface area contributed by atoms with E-state index < -0.39 is 0 Å². The molecular weight excluding hydrogens is 330 g/mol. The summed E-state index contributed by atoms with van der Waals surface area (Å²) in [6.45, 7) is 3.76. The lowest BCUT2D eigenvalue weighted by molar-refractivity contribution is 0.0724. The molecule has 1 saturated heterocycles. The van der Waals surface area contributed by atoms with Gasteiger partial charge < -0.3 is 14.3 Å². The molecule has 0 unspecified atom stereocenters. The number of likely N-dealkylation sites (tertiary alicyclic amines) is 1. The molecule has 0 aromatic carbocycles. The monoisotopic (exact) mass is 349 g/mol. The Kier molecular flexibility index (Phi) is 4.99. The lowest BCUT2D eigenvalue weighted by Crippen LogP contribution is -2.35. The number of carbonyl (C=O) groups excluding carboxylic acids is 1. The first kappa shape index (κ1) is 16.7. The van der Waals surface area contributed by atoms with Crippen LogP contribution < -0.4 is 4.90 Å². The number of aryl methyl sites for hydroxylation is 1. The third-order valence-electron chi connectivity index (χ3n) is 4.02. The van der Waals surface area contributed by atoms with Crippen molar-refractivity contribution in [2.45, 2.75) is 32.7 Å². The van der Waals surface area contributed by atoms with Crippen LogP contribution in [0.3, 0.4) is 0 Å². The van der Waals surface area contributed by atoms with Crippen LogP contribution in [0.2, 0.25) is 5.02 Å². The number of hydrogen-bond donors (Lipinski definition) is 0. The average Bonchev–Trinajstić information content (AvgIpc) is 2.99. The van der Waals surface area contributed by atoms with Gasteiger partial charge in [0, 0.05) is 33.3 Å². The van der Waals surface area contributed by atoms with Crippen LogP contribution in [-0.2, 0) is 6.54 Å². The molecule has 3 heterocycles. The molecule has 0 radical (unpaired) electrons. The van der Waals surface area contributed by atoms with Crippen LogP contribution in [0, 0.1) is 6.92 Å². The van der Waals surface area contributed by atoms with Crippen LogP contribution in [-0.4, -0.2) is 46.1 Å². The van der Waals surface area contributed by atoms with Crippen molar-refractivity contribution in [3.05, 3.63) is 34.6 Å². The third kappa shape index (κ3) is 3.67. The molecule has 0 aliphatic carbocycles. The smallest absolute Gasteiger partial charge is 0.255 e. The predicted molar refractivity (Wildman–Crippen MR) is 90.1 cm³/mol. The highest BCUT2D eigenvalue weighted by Crippen LogP contribution is 2.25. The Morgan fingerprint density at radius 1 is 1.38 bits per heavy atom. The first-order valence-corrected chi connectivity index (χ1v) is 8.37. The van der Waals surface area contributed by atoms with Gasteiger partial charge in [-0.2, -0.15) is 4.98 Å². The first-order valence-electron chi connectivity index (χ1n) is 8.00. The predicted octanol–water partition coefficient (Wildman–Crippen LogP) is 2.69. The van der Waals surface area contributed by atoms with Crippen molar-refractivity contribution in [2.75, 3.05) is 25.0 Å². The van der Waals surface area contributed by atoms with E-state index >= 15 is 0 Å². The van der Waals surface area contributed by atoms with E-state index in [0.29, 0.717) is 34.7 Å². The average molecular weight is 350 g/mol. The molecule has 0 spiro atoms. The normalized spacial score (nSPS) is 14.7. The summed E-state index contributed by atoms with van der Waals surface area (Å²) >= 11 is 6.34. The summed E-state index contributed by atoms with van der Waals surface area (Å²) in [7, 11) is 1.84. The zero-order valence-corrected chi connectivity index (χ0v) is 14.6. The maximum Gasteiger partial charge on any atom is 0.255 e. The Bertz CT molecular complexity index is 727. The first-order chi connectivity index (χ1) is 11.5. The fraction of sp³-hybridized carbons (Fsp3) is 0.500. The van der Waals surface area contributed by atoms with Crippen LogP contribution in [0.15, 0.2) is 16.8 Å². The maximum atomic E-state index is 12.5. The Morgan fingerprint density at radius 2 is 2.12 bits per heavy atom. The molecule has 0 bridgehead atoms. The Hall–Kier alpha value is -2.15. The number of anilines is 1. The summed E-state index contributed by atoms with van der Waals surface area (Å²) in [5.41, 5.74) is 0.523. The van der Waals surface area contributed by atoms with Crippen molar-refractivity contribution < 1.29 is 9.32 Å². The maximum absolute atomic E-state index is 12.5.